The van der Waals surface area contributed by atoms with Gasteiger partial charge in [0.1, 0.15) is 5.82 Å². The van der Waals surface area contributed by atoms with Crippen molar-refractivity contribution in [3.8, 4) is 22.8 Å². The lowest BCUT2D eigenvalue weighted by molar-refractivity contribution is 0.122. The zero-order chi connectivity index (χ0) is 18.8. The van der Waals surface area contributed by atoms with E-state index in [0.29, 0.717) is 17.3 Å². The van der Waals surface area contributed by atoms with Crippen LogP contribution in [0.25, 0.3) is 22.8 Å². The standard InChI is InChI=1S/C21H22FN3O2/c1-3-15-4-6-17(22)13-18(15)20-23-21(27-24-20)16-5-7-19(14(2)12-16)25-8-10-26-11-9-25/h4-7,12-13H,3,8-11H2,1-2H3. The number of nitrogens with zero attached hydrogens (tertiary/aromatic N) is 3. The first-order valence-electron chi connectivity index (χ1n) is 9.22. The average molecular weight is 367 g/mol. The second-order valence-corrected chi connectivity index (χ2v) is 6.68. The summed E-state index contributed by atoms with van der Waals surface area (Å²) >= 11 is 0. The van der Waals surface area contributed by atoms with Crippen LogP contribution >= 0.6 is 0 Å². The van der Waals surface area contributed by atoms with Gasteiger partial charge < -0.3 is 14.2 Å². The summed E-state index contributed by atoms with van der Waals surface area (Å²) in [6, 6.07) is 10.8. The highest BCUT2D eigenvalue weighted by Gasteiger charge is 2.17. The van der Waals surface area contributed by atoms with E-state index in [1.165, 1.54) is 17.8 Å². The zero-order valence-corrected chi connectivity index (χ0v) is 15.5. The molecule has 0 saturated carbocycles. The van der Waals surface area contributed by atoms with Crippen LogP contribution in [0.4, 0.5) is 10.1 Å². The van der Waals surface area contributed by atoms with Gasteiger partial charge in [-0.2, -0.15) is 4.98 Å². The number of ether oxygens (including phenoxy) is 1. The topological polar surface area (TPSA) is 51.4 Å². The van der Waals surface area contributed by atoms with Crippen molar-refractivity contribution < 1.29 is 13.7 Å². The first-order valence-corrected chi connectivity index (χ1v) is 9.22. The number of halogens is 1. The molecule has 3 aromatic rings. The quantitative estimate of drug-likeness (QED) is 0.690. The van der Waals surface area contributed by atoms with E-state index in [-0.39, 0.29) is 5.82 Å². The Balaban J connectivity index is 1.64. The summed E-state index contributed by atoms with van der Waals surface area (Å²) in [5, 5.41) is 4.07. The fourth-order valence-electron chi connectivity index (χ4n) is 3.46. The molecular formula is C21H22FN3O2. The number of rotatable bonds is 4. The van der Waals surface area contributed by atoms with E-state index in [0.717, 1.165) is 49.4 Å². The lowest BCUT2D eigenvalue weighted by Crippen LogP contribution is -2.36. The van der Waals surface area contributed by atoms with Gasteiger partial charge in [-0.25, -0.2) is 4.39 Å². The van der Waals surface area contributed by atoms with E-state index in [1.54, 1.807) is 6.07 Å². The van der Waals surface area contributed by atoms with Gasteiger partial charge in [0.05, 0.1) is 13.2 Å². The minimum absolute atomic E-state index is 0.306. The molecule has 5 nitrogen and oxygen atoms in total. The number of anilines is 1. The van der Waals surface area contributed by atoms with E-state index in [4.69, 9.17) is 9.26 Å². The van der Waals surface area contributed by atoms with E-state index < -0.39 is 0 Å². The van der Waals surface area contributed by atoms with Gasteiger partial charge in [-0.1, -0.05) is 18.1 Å². The van der Waals surface area contributed by atoms with Crippen molar-refractivity contribution in [1.29, 1.82) is 0 Å². The lowest BCUT2D eigenvalue weighted by atomic mass is 10.0. The van der Waals surface area contributed by atoms with Crippen LogP contribution in [0.15, 0.2) is 40.9 Å². The molecule has 0 unspecified atom stereocenters. The summed E-state index contributed by atoms with van der Waals surface area (Å²) in [5.74, 6) is 0.545. The van der Waals surface area contributed by atoms with Gasteiger partial charge in [0.2, 0.25) is 5.82 Å². The van der Waals surface area contributed by atoms with Gasteiger partial charge in [-0.05, 0) is 54.8 Å². The molecule has 0 bridgehead atoms. The second kappa shape index (κ2) is 7.48. The first kappa shape index (κ1) is 17.7. The van der Waals surface area contributed by atoms with Crippen LogP contribution in [0.5, 0.6) is 0 Å². The number of hydrogen-bond donors (Lipinski definition) is 0. The van der Waals surface area contributed by atoms with Crippen LogP contribution < -0.4 is 4.90 Å². The molecule has 27 heavy (non-hydrogen) atoms. The van der Waals surface area contributed by atoms with Crippen LogP contribution in [0.1, 0.15) is 18.1 Å². The number of aromatic nitrogens is 2. The van der Waals surface area contributed by atoms with Crippen molar-refractivity contribution >= 4 is 5.69 Å². The summed E-state index contributed by atoms with van der Waals surface area (Å²) in [7, 11) is 0. The van der Waals surface area contributed by atoms with Gasteiger partial charge >= 0.3 is 0 Å². The molecule has 1 aliphatic rings. The molecule has 0 aliphatic carbocycles. The molecule has 2 aromatic carbocycles. The Labute approximate surface area is 157 Å². The number of benzene rings is 2. The lowest BCUT2D eigenvalue weighted by Gasteiger charge is -2.30. The van der Waals surface area contributed by atoms with E-state index in [9.17, 15) is 4.39 Å². The maximum atomic E-state index is 13.7. The Morgan fingerprint density at radius 2 is 1.93 bits per heavy atom. The Bertz CT molecular complexity index is 948. The Hall–Kier alpha value is -2.73. The fraction of sp³-hybridized carbons (Fsp3) is 0.333. The van der Waals surface area contributed by atoms with E-state index in [1.807, 2.05) is 19.1 Å². The minimum Gasteiger partial charge on any atom is -0.378 e. The maximum Gasteiger partial charge on any atom is 0.258 e. The Morgan fingerprint density at radius 1 is 1.11 bits per heavy atom. The average Bonchev–Trinajstić information content (AvgIpc) is 3.18. The van der Waals surface area contributed by atoms with Gasteiger partial charge in [0, 0.05) is 29.9 Å². The second-order valence-electron chi connectivity index (χ2n) is 6.68. The van der Waals surface area contributed by atoms with E-state index in [2.05, 4.69) is 28.0 Å². The fourth-order valence-corrected chi connectivity index (χ4v) is 3.46. The largest absolute Gasteiger partial charge is 0.378 e. The molecule has 1 saturated heterocycles. The molecule has 6 heteroatoms. The smallest absolute Gasteiger partial charge is 0.258 e. The predicted octanol–water partition coefficient (Wildman–Crippen LogP) is 4.25. The van der Waals surface area contributed by atoms with Crippen molar-refractivity contribution in [2.75, 3.05) is 31.2 Å². The summed E-state index contributed by atoms with van der Waals surface area (Å²) in [4.78, 5) is 6.83. The third kappa shape index (κ3) is 3.57. The van der Waals surface area contributed by atoms with Gasteiger partial charge in [0.25, 0.3) is 5.89 Å². The molecule has 1 fully saturated rings. The SMILES string of the molecule is CCc1ccc(F)cc1-c1noc(-c2ccc(N3CCOCC3)c(C)c2)n1. The number of morpholine rings is 1. The van der Waals surface area contributed by atoms with Crippen LogP contribution in [-0.2, 0) is 11.2 Å². The summed E-state index contributed by atoms with van der Waals surface area (Å²) in [6.45, 7) is 7.39. The van der Waals surface area contributed by atoms with Gasteiger partial charge in [0.15, 0.2) is 0 Å². The molecule has 140 valence electrons. The van der Waals surface area contributed by atoms with Crippen molar-refractivity contribution in [2.24, 2.45) is 0 Å². The third-order valence-corrected chi connectivity index (χ3v) is 4.92. The molecule has 0 N–H and O–H groups in total. The van der Waals surface area contributed by atoms with Crippen LogP contribution in [0, 0.1) is 12.7 Å². The first-order chi connectivity index (χ1) is 13.2. The van der Waals surface area contributed by atoms with Gasteiger partial charge in [-0.3, -0.25) is 0 Å². The highest BCUT2D eigenvalue weighted by atomic mass is 19.1. The highest BCUT2D eigenvalue weighted by molar-refractivity contribution is 5.66. The van der Waals surface area contributed by atoms with Crippen molar-refractivity contribution in [1.82, 2.24) is 10.1 Å². The number of aryl methyl sites for hydroxylation is 2. The Kier molecular flexibility index (Phi) is 4.90. The third-order valence-electron chi connectivity index (χ3n) is 4.92. The van der Waals surface area contributed by atoms with Crippen molar-refractivity contribution in [2.45, 2.75) is 20.3 Å². The summed E-state index contributed by atoms with van der Waals surface area (Å²) < 4.78 is 24.6. The molecule has 0 atom stereocenters. The molecule has 4 rings (SSSR count). The molecule has 2 heterocycles. The molecule has 1 aromatic heterocycles. The predicted molar refractivity (Wildman–Crippen MR) is 102 cm³/mol. The normalized spacial score (nSPS) is 14.6. The maximum absolute atomic E-state index is 13.7. The highest BCUT2D eigenvalue weighted by Crippen LogP contribution is 2.29. The summed E-state index contributed by atoms with van der Waals surface area (Å²) in [5.41, 5.74) is 4.86. The molecule has 0 spiro atoms. The van der Waals surface area contributed by atoms with Crippen LogP contribution in [-0.4, -0.2) is 36.4 Å². The van der Waals surface area contributed by atoms with E-state index >= 15 is 0 Å². The molecule has 0 radical (unpaired) electrons. The summed E-state index contributed by atoms with van der Waals surface area (Å²) in [6.07, 6.45) is 0.771. The molecular weight excluding hydrogens is 345 g/mol. The Morgan fingerprint density at radius 3 is 2.67 bits per heavy atom. The zero-order valence-electron chi connectivity index (χ0n) is 15.5. The molecule has 1 aliphatic heterocycles. The minimum atomic E-state index is -0.306. The number of hydrogen-bond acceptors (Lipinski definition) is 5. The van der Waals surface area contributed by atoms with Crippen molar-refractivity contribution in [3.63, 3.8) is 0 Å². The monoisotopic (exact) mass is 367 g/mol. The molecule has 0 amide bonds. The van der Waals surface area contributed by atoms with Crippen molar-refractivity contribution in [3.05, 3.63) is 53.3 Å². The van der Waals surface area contributed by atoms with Crippen LogP contribution in [0.2, 0.25) is 0 Å². The van der Waals surface area contributed by atoms with Gasteiger partial charge in [-0.15, -0.1) is 0 Å². The van der Waals surface area contributed by atoms with Crippen LogP contribution in [0.3, 0.4) is 0 Å².